The Morgan fingerprint density at radius 1 is 1.09 bits per heavy atom. The maximum absolute atomic E-state index is 13.4. The van der Waals surface area contributed by atoms with E-state index < -0.39 is 16.9 Å². The molecule has 0 fully saturated rings. The number of hydrogen-bond acceptors (Lipinski definition) is 4. The molecule has 0 aliphatic rings. The molecule has 0 aromatic heterocycles. The van der Waals surface area contributed by atoms with Crippen LogP contribution in [0.3, 0.4) is 0 Å². The molecule has 0 aliphatic heterocycles. The zero-order valence-corrected chi connectivity index (χ0v) is 19.7. The third-order valence-electron chi connectivity index (χ3n) is 5.14. The Hall–Kier alpha value is -2.64. The van der Waals surface area contributed by atoms with Crippen LogP contribution in [0.5, 0.6) is 0 Å². The number of carbonyl (C=O) groups is 2. The summed E-state index contributed by atoms with van der Waals surface area (Å²) in [6.45, 7) is 4.34. The van der Waals surface area contributed by atoms with E-state index in [0.717, 1.165) is 12.8 Å². The third-order valence-corrected chi connectivity index (χ3v) is 5.84. The Balaban J connectivity index is 2.39. The second-order valence-corrected chi connectivity index (χ2v) is 8.17. The van der Waals surface area contributed by atoms with E-state index in [4.69, 9.17) is 23.2 Å². The first-order valence-electron chi connectivity index (χ1n) is 10.5. The van der Waals surface area contributed by atoms with E-state index in [0.29, 0.717) is 28.6 Å². The molecule has 2 aromatic carbocycles. The number of para-hydroxylation sites is 1. The van der Waals surface area contributed by atoms with E-state index in [-0.39, 0.29) is 30.1 Å². The number of carbonyl (C=O) groups excluding carboxylic acids is 2. The van der Waals surface area contributed by atoms with Crippen LogP contribution in [-0.2, 0) is 22.6 Å². The summed E-state index contributed by atoms with van der Waals surface area (Å²) >= 11 is 12.6. The SMILES string of the molecule is CCCCNC(=O)[C@H](CC)N(Cc1c(Cl)cccc1Cl)C(=O)Cc1ccccc1[N+](=O)[O-]. The van der Waals surface area contributed by atoms with Crippen LogP contribution >= 0.6 is 23.2 Å². The number of unbranched alkanes of at least 4 members (excludes halogenated alkanes) is 1. The predicted molar refractivity (Wildman–Crippen MR) is 126 cm³/mol. The summed E-state index contributed by atoms with van der Waals surface area (Å²) in [5.41, 5.74) is 0.655. The van der Waals surface area contributed by atoms with Crippen molar-refractivity contribution in [3.63, 3.8) is 0 Å². The first kappa shape index (κ1) is 25.6. The smallest absolute Gasteiger partial charge is 0.273 e. The summed E-state index contributed by atoms with van der Waals surface area (Å²) in [5.74, 6) is -0.701. The standard InChI is InChI=1S/C23H27Cl2N3O4/c1-3-5-13-26-23(30)20(4-2)27(15-17-18(24)10-8-11-19(17)25)22(29)14-16-9-6-7-12-21(16)28(31)32/h6-12,20H,3-5,13-15H2,1-2H3,(H,26,30)/t20-/m0/s1. The van der Waals surface area contributed by atoms with Crippen LogP contribution < -0.4 is 5.32 Å². The molecule has 2 amide bonds. The minimum atomic E-state index is -0.769. The van der Waals surface area contributed by atoms with Crippen molar-refractivity contribution in [3.05, 3.63) is 73.8 Å². The van der Waals surface area contributed by atoms with Crippen LogP contribution in [0.4, 0.5) is 5.69 Å². The molecule has 32 heavy (non-hydrogen) atoms. The first-order valence-corrected chi connectivity index (χ1v) is 11.3. The number of rotatable bonds is 11. The van der Waals surface area contributed by atoms with Gasteiger partial charge < -0.3 is 10.2 Å². The van der Waals surface area contributed by atoms with Crippen molar-refractivity contribution in [1.29, 1.82) is 0 Å². The van der Waals surface area contributed by atoms with E-state index in [2.05, 4.69) is 5.32 Å². The monoisotopic (exact) mass is 479 g/mol. The highest BCUT2D eigenvalue weighted by molar-refractivity contribution is 6.36. The third kappa shape index (κ3) is 6.68. The molecule has 0 unspecified atom stereocenters. The second kappa shape index (κ2) is 12.4. The lowest BCUT2D eigenvalue weighted by molar-refractivity contribution is -0.385. The van der Waals surface area contributed by atoms with Crippen LogP contribution in [0, 0.1) is 10.1 Å². The zero-order valence-electron chi connectivity index (χ0n) is 18.1. The van der Waals surface area contributed by atoms with Crippen molar-refractivity contribution >= 4 is 40.7 Å². The molecule has 9 heteroatoms. The van der Waals surface area contributed by atoms with Crippen molar-refractivity contribution < 1.29 is 14.5 Å². The Labute approximate surface area is 197 Å². The van der Waals surface area contributed by atoms with E-state index in [1.165, 1.54) is 11.0 Å². The highest BCUT2D eigenvalue weighted by Gasteiger charge is 2.30. The fraction of sp³-hybridized carbons (Fsp3) is 0.391. The summed E-state index contributed by atoms with van der Waals surface area (Å²) in [6.07, 6.45) is 1.88. The van der Waals surface area contributed by atoms with Gasteiger partial charge in [-0.15, -0.1) is 0 Å². The van der Waals surface area contributed by atoms with E-state index in [1.807, 2.05) is 13.8 Å². The number of halogens is 2. The molecule has 0 saturated heterocycles. The van der Waals surface area contributed by atoms with Gasteiger partial charge in [-0.1, -0.05) is 67.7 Å². The normalized spacial score (nSPS) is 11.6. The van der Waals surface area contributed by atoms with Gasteiger partial charge in [-0.2, -0.15) is 0 Å². The van der Waals surface area contributed by atoms with Gasteiger partial charge in [0.05, 0.1) is 11.3 Å². The maximum Gasteiger partial charge on any atom is 0.273 e. The minimum Gasteiger partial charge on any atom is -0.354 e. The molecule has 2 aromatic rings. The van der Waals surface area contributed by atoms with Gasteiger partial charge in [-0.25, -0.2) is 0 Å². The molecule has 172 valence electrons. The topological polar surface area (TPSA) is 92.6 Å². The van der Waals surface area contributed by atoms with Crippen molar-refractivity contribution in [2.75, 3.05) is 6.54 Å². The number of nitro benzene ring substituents is 1. The molecule has 7 nitrogen and oxygen atoms in total. The summed E-state index contributed by atoms with van der Waals surface area (Å²) in [4.78, 5) is 38.6. The van der Waals surface area contributed by atoms with E-state index in [9.17, 15) is 19.7 Å². The predicted octanol–water partition coefficient (Wildman–Crippen LogP) is 5.17. The zero-order chi connectivity index (χ0) is 23.7. The van der Waals surface area contributed by atoms with E-state index in [1.54, 1.807) is 36.4 Å². The maximum atomic E-state index is 13.4. The molecule has 0 aliphatic carbocycles. The quantitative estimate of drug-likeness (QED) is 0.273. The molecule has 0 saturated carbocycles. The molecule has 0 radical (unpaired) electrons. The Kier molecular flexibility index (Phi) is 9.94. The molecule has 0 bridgehead atoms. The number of nitro groups is 1. The van der Waals surface area contributed by atoms with Crippen molar-refractivity contribution in [3.8, 4) is 0 Å². The van der Waals surface area contributed by atoms with Crippen molar-refractivity contribution in [1.82, 2.24) is 10.2 Å². The Morgan fingerprint density at radius 3 is 2.34 bits per heavy atom. The average Bonchev–Trinajstić information content (AvgIpc) is 2.76. The highest BCUT2D eigenvalue weighted by Crippen LogP contribution is 2.28. The second-order valence-electron chi connectivity index (χ2n) is 7.35. The van der Waals surface area contributed by atoms with Crippen LogP contribution in [0.15, 0.2) is 42.5 Å². The molecular weight excluding hydrogens is 453 g/mol. The van der Waals surface area contributed by atoms with Gasteiger partial charge in [0.1, 0.15) is 6.04 Å². The lowest BCUT2D eigenvalue weighted by Crippen LogP contribution is -2.49. The Bertz CT molecular complexity index is 948. The van der Waals surface area contributed by atoms with Gasteiger partial charge in [-0.05, 0) is 25.0 Å². The van der Waals surface area contributed by atoms with Crippen LogP contribution in [0.1, 0.15) is 44.2 Å². The molecule has 2 rings (SSSR count). The molecule has 1 atom stereocenters. The van der Waals surface area contributed by atoms with Gasteiger partial charge in [0.25, 0.3) is 5.69 Å². The molecular formula is C23H27Cl2N3O4. The molecule has 0 spiro atoms. The highest BCUT2D eigenvalue weighted by atomic mass is 35.5. The lowest BCUT2D eigenvalue weighted by atomic mass is 10.1. The van der Waals surface area contributed by atoms with Gasteiger partial charge >= 0.3 is 0 Å². The summed E-state index contributed by atoms with van der Waals surface area (Å²) in [7, 11) is 0. The number of nitrogens with zero attached hydrogens (tertiary/aromatic N) is 2. The lowest BCUT2D eigenvalue weighted by Gasteiger charge is -2.31. The summed E-state index contributed by atoms with van der Waals surface area (Å²) < 4.78 is 0. The van der Waals surface area contributed by atoms with Crippen LogP contribution in [-0.4, -0.2) is 34.2 Å². The van der Waals surface area contributed by atoms with E-state index >= 15 is 0 Å². The van der Waals surface area contributed by atoms with Gasteiger partial charge in [-0.3, -0.25) is 19.7 Å². The van der Waals surface area contributed by atoms with Crippen LogP contribution in [0.25, 0.3) is 0 Å². The minimum absolute atomic E-state index is 0.0116. The van der Waals surface area contributed by atoms with Gasteiger partial charge in [0.2, 0.25) is 11.8 Å². The number of nitrogens with one attached hydrogen (secondary N) is 1. The van der Waals surface area contributed by atoms with Gasteiger partial charge in [0.15, 0.2) is 0 Å². The van der Waals surface area contributed by atoms with Gasteiger partial charge in [0, 0.05) is 40.3 Å². The fourth-order valence-corrected chi connectivity index (χ4v) is 3.90. The fourth-order valence-electron chi connectivity index (χ4n) is 3.38. The number of benzene rings is 2. The number of hydrogen-bond donors (Lipinski definition) is 1. The Morgan fingerprint density at radius 2 is 1.75 bits per heavy atom. The van der Waals surface area contributed by atoms with Crippen molar-refractivity contribution in [2.24, 2.45) is 0 Å². The van der Waals surface area contributed by atoms with Crippen molar-refractivity contribution in [2.45, 2.75) is 52.1 Å². The average molecular weight is 480 g/mol. The molecule has 1 N–H and O–H groups in total. The van der Waals surface area contributed by atoms with Crippen LogP contribution in [0.2, 0.25) is 10.0 Å². The largest absolute Gasteiger partial charge is 0.354 e. The first-order chi connectivity index (χ1) is 15.3. The summed E-state index contributed by atoms with van der Waals surface area (Å²) in [6, 6.07) is 10.3. The number of amides is 2. The molecule has 0 heterocycles. The summed E-state index contributed by atoms with van der Waals surface area (Å²) in [5, 5.41) is 15.0.